The molecule has 0 bridgehead atoms. The molecule has 0 aliphatic carbocycles. The van der Waals surface area contributed by atoms with E-state index in [2.05, 4.69) is 18.7 Å². The first-order valence-corrected chi connectivity index (χ1v) is 5.55. The number of hydrogen-bond acceptors (Lipinski definition) is 3. The molecule has 3 heteroatoms. The monoisotopic (exact) mass is 202 g/mol. The van der Waals surface area contributed by atoms with Gasteiger partial charge in [0.15, 0.2) is 0 Å². The molecule has 14 heavy (non-hydrogen) atoms. The maximum atomic E-state index is 11.3. The van der Waals surface area contributed by atoms with Gasteiger partial charge in [-0.05, 0) is 12.8 Å². The second-order valence-corrected chi connectivity index (χ2v) is 3.62. The van der Waals surface area contributed by atoms with Crippen molar-refractivity contribution < 1.29 is 14.6 Å². The summed E-state index contributed by atoms with van der Waals surface area (Å²) in [5, 5.41) is 0. The van der Waals surface area contributed by atoms with E-state index in [1.807, 2.05) is 6.92 Å². The lowest BCUT2D eigenvalue weighted by molar-refractivity contribution is -0.276. The minimum atomic E-state index is -0.241. The van der Waals surface area contributed by atoms with Crippen LogP contribution in [0, 0.1) is 5.92 Å². The highest BCUT2D eigenvalue weighted by molar-refractivity contribution is 5.71. The molecule has 0 radical (unpaired) electrons. The standard InChI is InChI=1S/C11H22O3/c1-4-6-8-10(3)11(12)14-13-9-7-5-2/h10H,4-9H2,1-3H3. The van der Waals surface area contributed by atoms with Crippen LogP contribution in [0.3, 0.4) is 0 Å². The van der Waals surface area contributed by atoms with E-state index >= 15 is 0 Å². The van der Waals surface area contributed by atoms with Crippen molar-refractivity contribution in [1.82, 2.24) is 0 Å². The summed E-state index contributed by atoms with van der Waals surface area (Å²) in [6.07, 6.45) is 5.02. The summed E-state index contributed by atoms with van der Waals surface area (Å²) in [5.41, 5.74) is 0. The maximum Gasteiger partial charge on any atom is 0.345 e. The topological polar surface area (TPSA) is 35.5 Å². The van der Waals surface area contributed by atoms with Gasteiger partial charge in [0.2, 0.25) is 0 Å². The van der Waals surface area contributed by atoms with Crippen LogP contribution in [0.5, 0.6) is 0 Å². The zero-order chi connectivity index (χ0) is 10.8. The minimum absolute atomic E-state index is 0.0448. The van der Waals surface area contributed by atoms with Crippen molar-refractivity contribution in [1.29, 1.82) is 0 Å². The Hall–Kier alpha value is -0.570. The molecular formula is C11H22O3. The number of carbonyl (C=O) groups is 1. The zero-order valence-electron chi connectivity index (χ0n) is 9.54. The van der Waals surface area contributed by atoms with Crippen LogP contribution in [-0.4, -0.2) is 12.6 Å². The van der Waals surface area contributed by atoms with E-state index in [-0.39, 0.29) is 11.9 Å². The zero-order valence-corrected chi connectivity index (χ0v) is 9.54. The van der Waals surface area contributed by atoms with Crippen LogP contribution in [0.1, 0.15) is 52.9 Å². The van der Waals surface area contributed by atoms with Gasteiger partial charge in [-0.15, -0.1) is 0 Å². The third-order valence-corrected chi connectivity index (χ3v) is 2.12. The predicted octanol–water partition coefficient (Wildman–Crippen LogP) is 3.09. The molecule has 0 aliphatic rings. The van der Waals surface area contributed by atoms with Gasteiger partial charge in [0.1, 0.15) is 0 Å². The highest BCUT2D eigenvalue weighted by Gasteiger charge is 2.14. The van der Waals surface area contributed by atoms with Gasteiger partial charge in [0, 0.05) is 0 Å². The van der Waals surface area contributed by atoms with Crippen LogP contribution in [0.15, 0.2) is 0 Å². The SMILES string of the molecule is CCCCOOC(=O)C(C)CCCC. The molecule has 0 aliphatic heterocycles. The van der Waals surface area contributed by atoms with Crippen molar-refractivity contribution in [3.8, 4) is 0 Å². The third-order valence-electron chi connectivity index (χ3n) is 2.12. The van der Waals surface area contributed by atoms with Gasteiger partial charge in [-0.2, -0.15) is 4.89 Å². The van der Waals surface area contributed by atoms with Crippen molar-refractivity contribution in [3.05, 3.63) is 0 Å². The van der Waals surface area contributed by atoms with Gasteiger partial charge in [0.05, 0.1) is 12.5 Å². The van der Waals surface area contributed by atoms with Crippen LogP contribution in [0.4, 0.5) is 0 Å². The molecule has 0 saturated heterocycles. The Balaban J connectivity index is 3.42. The molecule has 0 aromatic rings. The fourth-order valence-corrected chi connectivity index (χ4v) is 1.01. The molecule has 1 atom stereocenters. The molecule has 1 unspecified atom stereocenters. The van der Waals surface area contributed by atoms with Gasteiger partial charge in [0.25, 0.3) is 0 Å². The van der Waals surface area contributed by atoms with Gasteiger partial charge in [-0.25, -0.2) is 4.79 Å². The second-order valence-electron chi connectivity index (χ2n) is 3.62. The summed E-state index contributed by atoms with van der Waals surface area (Å²) in [4.78, 5) is 20.7. The van der Waals surface area contributed by atoms with Gasteiger partial charge >= 0.3 is 5.97 Å². The first kappa shape index (κ1) is 13.4. The van der Waals surface area contributed by atoms with Crippen LogP contribution in [-0.2, 0) is 14.6 Å². The van der Waals surface area contributed by atoms with Crippen molar-refractivity contribution in [2.45, 2.75) is 52.9 Å². The van der Waals surface area contributed by atoms with Crippen molar-refractivity contribution in [3.63, 3.8) is 0 Å². The Morgan fingerprint density at radius 3 is 2.43 bits per heavy atom. The summed E-state index contributed by atoms with van der Waals surface area (Å²) < 4.78 is 0. The quantitative estimate of drug-likeness (QED) is 0.345. The summed E-state index contributed by atoms with van der Waals surface area (Å²) in [6, 6.07) is 0. The molecule has 0 aromatic heterocycles. The molecule has 0 aromatic carbocycles. The lowest BCUT2D eigenvalue weighted by Gasteiger charge is -2.08. The number of hydrogen-bond donors (Lipinski definition) is 0. The highest BCUT2D eigenvalue weighted by atomic mass is 17.2. The maximum absolute atomic E-state index is 11.3. The van der Waals surface area contributed by atoms with E-state index in [9.17, 15) is 4.79 Å². The van der Waals surface area contributed by atoms with E-state index < -0.39 is 0 Å². The Morgan fingerprint density at radius 1 is 1.21 bits per heavy atom. The van der Waals surface area contributed by atoms with E-state index in [1.165, 1.54) is 0 Å². The van der Waals surface area contributed by atoms with Crippen molar-refractivity contribution in [2.75, 3.05) is 6.61 Å². The van der Waals surface area contributed by atoms with Gasteiger partial charge in [-0.3, -0.25) is 4.89 Å². The van der Waals surface area contributed by atoms with Crippen LogP contribution in [0.25, 0.3) is 0 Å². The molecule has 0 N–H and O–H groups in total. The fourth-order valence-electron chi connectivity index (χ4n) is 1.01. The normalized spacial score (nSPS) is 12.5. The van der Waals surface area contributed by atoms with Gasteiger partial charge in [-0.1, -0.05) is 40.0 Å². The Morgan fingerprint density at radius 2 is 1.86 bits per heavy atom. The van der Waals surface area contributed by atoms with E-state index in [4.69, 9.17) is 4.89 Å². The van der Waals surface area contributed by atoms with E-state index in [0.29, 0.717) is 6.61 Å². The Bertz CT molecular complexity index is 145. The lowest BCUT2D eigenvalue weighted by Crippen LogP contribution is -2.15. The molecule has 0 heterocycles. The van der Waals surface area contributed by atoms with E-state index in [1.54, 1.807) is 0 Å². The Labute approximate surface area is 86.7 Å². The summed E-state index contributed by atoms with van der Waals surface area (Å²) >= 11 is 0. The summed E-state index contributed by atoms with van der Waals surface area (Å²) in [7, 11) is 0. The van der Waals surface area contributed by atoms with Crippen LogP contribution >= 0.6 is 0 Å². The molecule has 0 amide bonds. The molecule has 0 rings (SSSR count). The number of rotatable bonds is 8. The van der Waals surface area contributed by atoms with Gasteiger partial charge < -0.3 is 0 Å². The first-order valence-electron chi connectivity index (χ1n) is 5.55. The average Bonchev–Trinajstić information content (AvgIpc) is 2.20. The van der Waals surface area contributed by atoms with Crippen molar-refractivity contribution in [2.24, 2.45) is 5.92 Å². The smallest absolute Gasteiger partial charge is 0.298 e. The molecule has 84 valence electrons. The number of carbonyl (C=O) groups excluding carboxylic acids is 1. The first-order chi connectivity index (χ1) is 6.72. The molecular weight excluding hydrogens is 180 g/mol. The van der Waals surface area contributed by atoms with Crippen LogP contribution in [0.2, 0.25) is 0 Å². The fraction of sp³-hybridized carbons (Fsp3) is 0.909. The minimum Gasteiger partial charge on any atom is -0.298 e. The lowest BCUT2D eigenvalue weighted by atomic mass is 10.1. The predicted molar refractivity (Wildman–Crippen MR) is 55.6 cm³/mol. The molecule has 0 fully saturated rings. The van der Waals surface area contributed by atoms with E-state index in [0.717, 1.165) is 32.1 Å². The number of unbranched alkanes of at least 4 members (excludes halogenated alkanes) is 2. The summed E-state index contributed by atoms with van der Waals surface area (Å²) in [5.74, 6) is -0.286. The van der Waals surface area contributed by atoms with Crippen LogP contribution < -0.4 is 0 Å². The average molecular weight is 202 g/mol. The molecule has 3 nitrogen and oxygen atoms in total. The third kappa shape index (κ3) is 6.89. The molecule has 0 saturated carbocycles. The molecule has 0 spiro atoms. The Kier molecular flexibility index (Phi) is 8.64. The summed E-state index contributed by atoms with van der Waals surface area (Å²) in [6.45, 7) is 6.55. The largest absolute Gasteiger partial charge is 0.345 e. The highest BCUT2D eigenvalue weighted by Crippen LogP contribution is 2.09. The van der Waals surface area contributed by atoms with Crippen molar-refractivity contribution >= 4 is 5.97 Å². The second kappa shape index (κ2) is 9.00.